The average Bonchev–Trinajstić information content (AvgIpc) is 2.86. The highest BCUT2D eigenvalue weighted by Crippen LogP contribution is 2.37. The number of pyridine rings is 1. The van der Waals surface area contributed by atoms with E-state index < -0.39 is 0 Å². The molecule has 4 rings (SSSR count). The van der Waals surface area contributed by atoms with Crippen molar-refractivity contribution < 1.29 is 0 Å². The molecule has 1 aliphatic rings. The number of aryl methyl sites for hydroxylation is 2. The quantitative estimate of drug-likeness (QED) is 0.747. The zero-order chi connectivity index (χ0) is 14.4. The summed E-state index contributed by atoms with van der Waals surface area (Å²) in [6.07, 6.45) is 1.69. The van der Waals surface area contributed by atoms with Crippen molar-refractivity contribution in [1.29, 1.82) is 0 Å². The van der Waals surface area contributed by atoms with E-state index >= 15 is 0 Å². The van der Waals surface area contributed by atoms with Gasteiger partial charge in [0.15, 0.2) is 0 Å². The van der Waals surface area contributed by atoms with Crippen LogP contribution in [0.1, 0.15) is 11.3 Å². The zero-order valence-electron chi connectivity index (χ0n) is 12.2. The molecule has 1 fully saturated rings. The maximum atomic E-state index is 4.68. The Balaban J connectivity index is 1.99. The van der Waals surface area contributed by atoms with Crippen molar-refractivity contribution >= 4 is 37.6 Å². The molecule has 1 aliphatic heterocycles. The van der Waals surface area contributed by atoms with Crippen LogP contribution in [0, 0.1) is 13.8 Å². The van der Waals surface area contributed by atoms with Crippen LogP contribution in [0.2, 0.25) is 0 Å². The standard InChI is InChI=1S/C15H17N5S/c1-9-7-10(2)19-15-11(9)12-13(21-15)14(18-8-17-12)20-5-3-16-4-6-20/h7-8,16H,3-6H2,1-2H3. The van der Waals surface area contributed by atoms with E-state index in [1.54, 1.807) is 17.7 Å². The summed E-state index contributed by atoms with van der Waals surface area (Å²) in [6.45, 7) is 8.17. The van der Waals surface area contributed by atoms with Gasteiger partial charge >= 0.3 is 0 Å². The Hall–Kier alpha value is -1.79. The topological polar surface area (TPSA) is 53.9 Å². The van der Waals surface area contributed by atoms with Crippen molar-refractivity contribution in [2.24, 2.45) is 0 Å². The molecule has 21 heavy (non-hydrogen) atoms. The molecule has 0 spiro atoms. The van der Waals surface area contributed by atoms with Crippen LogP contribution in [0.3, 0.4) is 0 Å². The van der Waals surface area contributed by atoms with E-state index in [0.29, 0.717) is 0 Å². The lowest BCUT2D eigenvalue weighted by Gasteiger charge is -2.28. The molecule has 0 amide bonds. The molecule has 0 aromatic carbocycles. The predicted octanol–water partition coefficient (Wildman–Crippen LogP) is 2.27. The Labute approximate surface area is 127 Å². The van der Waals surface area contributed by atoms with Crippen LogP contribution < -0.4 is 10.2 Å². The molecule has 5 nitrogen and oxygen atoms in total. The normalized spacial score (nSPS) is 16.0. The van der Waals surface area contributed by atoms with Crippen LogP contribution in [0.4, 0.5) is 5.82 Å². The molecule has 108 valence electrons. The molecule has 0 atom stereocenters. The van der Waals surface area contributed by atoms with Crippen LogP contribution in [0.15, 0.2) is 12.4 Å². The van der Waals surface area contributed by atoms with Gasteiger partial charge in [0.25, 0.3) is 0 Å². The van der Waals surface area contributed by atoms with Gasteiger partial charge in [0.1, 0.15) is 17.0 Å². The summed E-state index contributed by atoms with van der Waals surface area (Å²) < 4.78 is 1.16. The minimum absolute atomic E-state index is 0.992. The number of hydrogen-bond donors (Lipinski definition) is 1. The third-order valence-electron chi connectivity index (χ3n) is 3.95. The number of nitrogens with zero attached hydrogens (tertiary/aromatic N) is 4. The van der Waals surface area contributed by atoms with Gasteiger partial charge in [-0.3, -0.25) is 0 Å². The van der Waals surface area contributed by atoms with Crippen molar-refractivity contribution in [3.05, 3.63) is 23.7 Å². The maximum absolute atomic E-state index is 4.68. The fourth-order valence-electron chi connectivity index (χ4n) is 3.00. The molecule has 0 radical (unpaired) electrons. The van der Waals surface area contributed by atoms with E-state index in [9.17, 15) is 0 Å². The highest BCUT2D eigenvalue weighted by molar-refractivity contribution is 7.26. The summed E-state index contributed by atoms with van der Waals surface area (Å²) in [6, 6.07) is 2.13. The lowest BCUT2D eigenvalue weighted by Crippen LogP contribution is -2.43. The number of hydrogen-bond acceptors (Lipinski definition) is 6. The van der Waals surface area contributed by atoms with Crippen molar-refractivity contribution in [3.8, 4) is 0 Å². The van der Waals surface area contributed by atoms with Gasteiger partial charge in [-0.25, -0.2) is 15.0 Å². The van der Waals surface area contributed by atoms with E-state index in [0.717, 1.165) is 52.7 Å². The molecule has 6 heteroatoms. The summed E-state index contributed by atoms with van der Waals surface area (Å²) in [4.78, 5) is 17.2. The van der Waals surface area contributed by atoms with E-state index in [2.05, 4.69) is 38.2 Å². The Morgan fingerprint density at radius 2 is 2.00 bits per heavy atom. The summed E-state index contributed by atoms with van der Waals surface area (Å²) in [7, 11) is 0. The van der Waals surface area contributed by atoms with Crippen molar-refractivity contribution in [2.45, 2.75) is 13.8 Å². The first-order chi connectivity index (χ1) is 10.2. The Bertz CT molecular complexity index is 820. The van der Waals surface area contributed by atoms with E-state index in [1.807, 2.05) is 6.92 Å². The molecule has 3 aromatic rings. The van der Waals surface area contributed by atoms with Gasteiger partial charge in [-0.2, -0.15) is 0 Å². The van der Waals surface area contributed by atoms with Crippen LogP contribution in [0.5, 0.6) is 0 Å². The smallest absolute Gasteiger partial charge is 0.150 e. The van der Waals surface area contributed by atoms with Crippen LogP contribution in [-0.2, 0) is 0 Å². The summed E-state index contributed by atoms with van der Waals surface area (Å²) in [5.41, 5.74) is 3.35. The second kappa shape index (κ2) is 4.89. The van der Waals surface area contributed by atoms with Crippen molar-refractivity contribution in [1.82, 2.24) is 20.3 Å². The number of fused-ring (bicyclic) bond motifs is 3. The molecule has 4 heterocycles. The number of thiophene rings is 1. The number of anilines is 1. The van der Waals surface area contributed by atoms with Gasteiger partial charge in [-0.15, -0.1) is 11.3 Å². The zero-order valence-corrected chi connectivity index (χ0v) is 13.0. The molecule has 0 unspecified atom stereocenters. The molecule has 0 saturated carbocycles. The Morgan fingerprint density at radius 1 is 1.19 bits per heavy atom. The second-order valence-electron chi connectivity index (χ2n) is 5.47. The first kappa shape index (κ1) is 12.9. The lowest BCUT2D eigenvalue weighted by molar-refractivity contribution is 0.586. The second-order valence-corrected chi connectivity index (χ2v) is 6.47. The van der Waals surface area contributed by atoms with Crippen molar-refractivity contribution in [2.75, 3.05) is 31.1 Å². The minimum Gasteiger partial charge on any atom is -0.353 e. The average molecular weight is 299 g/mol. The van der Waals surface area contributed by atoms with Crippen LogP contribution >= 0.6 is 11.3 Å². The molecule has 0 bridgehead atoms. The Kier molecular flexibility index (Phi) is 3.01. The van der Waals surface area contributed by atoms with E-state index in [1.165, 1.54) is 10.9 Å². The van der Waals surface area contributed by atoms with E-state index in [-0.39, 0.29) is 0 Å². The van der Waals surface area contributed by atoms with Gasteiger partial charge in [-0.1, -0.05) is 0 Å². The predicted molar refractivity (Wildman–Crippen MR) is 87.3 cm³/mol. The molecule has 1 N–H and O–H groups in total. The molecular formula is C15H17N5S. The van der Waals surface area contributed by atoms with Crippen molar-refractivity contribution in [3.63, 3.8) is 0 Å². The van der Waals surface area contributed by atoms with Crippen LogP contribution in [0.25, 0.3) is 20.4 Å². The summed E-state index contributed by atoms with van der Waals surface area (Å²) in [5.74, 6) is 1.06. The SMILES string of the molecule is Cc1cc(C)c2c(n1)sc1c(N3CCNCC3)ncnc12. The third kappa shape index (κ3) is 2.06. The number of rotatable bonds is 1. The van der Waals surface area contributed by atoms with Gasteiger partial charge in [0.05, 0.1) is 10.2 Å². The third-order valence-corrected chi connectivity index (χ3v) is 5.02. The fraction of sp³-hybridized carbons (Fsp3) is 0.400. The molecular weight excluding hydrogens is 282 g/mol. The first-order valence-electron chi connectivity index (χ1n) is 7.21. The molecule has 1 saturated heterocycles. The molecule has 3 aromatic heterocycles. The number of aromatic nitrogens is 3. The molecule has 0 aliphatic carbocycles. The van der Waals surface area contributed by atoms with Gasteiger partial charge in [0, 0.05) is 37.3 Å². The van der Waals surface area contributed by atoms with Gasteiger partial charge in [-0.05, 0) is 25.5 Å². The summed E-state index contributed by atoms with van der Waals surface area (Å²) in [5, 5.41) is 4.56. The monoisotopic (exact) mass is 299 g/mol. The van der Waals surface area contributed by atoms with Crippen LogP contribution in [-0.4, -0.2) is 41.1 Å². The summed E-state index contributed by atoms with van der Waals surface area (Å²) >= 11 is 1.71. The Morgan fingerprint density at radius 3 is 2.81 bits per heavy atom. The first-order valence-corrected chi connectivity index (χ1v) is 8.03. The number of nitrogens with one attached hydrogen (secondary N) is 1. The lowest BCUT2D eigenvalue weighted by atomic mass is 10.1. The van der Waals surface area contributed by atoms with Gasteiger partial charge < -0.3 is 10.2 Å². The largest absolute Gasteiger partial charge is 0.353 e. The van der Waals surface area contributed by atoms with Gasteiger partial charge in [0.2, 0.25) is 0 Å². The number of piperazine rings is 1. The highest BCUT2D eigenvalue weighted by atomic mass is 32.1. The minimum atomic E-state index is 0.992. The maximum Gasteiger partial charge on any atom is 0.150 e. The van der Waals surface area contributed by atoms with E-state index in [4.69, 9.17) is 0 Å². The highest BCUT2D eigenvalue weighted by Gasteiger charge is 2.19. The fourth-order valence-corrected chi connectivity index (χ4v) is 4.27.